The van der Waals surface area contributed by atoms with Crippen molar-refractivity contribution in [3.63, 3.8) is 0 Å². The van der Waals surface area contributed by atoms with Crippen molar-refractivity contribution in [2.45, 2.75) is 13.3 Å². The minimum atomic E-state index is -0.161. The molecule has 0 radical (unpaired) electrons. The fraction of sp³-hybridized carbons (Fsp3) is 0.167. The zero-order chi connectivity index (χ0) is 14.5. The molecule has 0 atom stereocenters. The van der Waals surface area contributed by atoms with Crippen molar-refractivity contribution in [2.75, 3.05) is 0 Å². The molecule has 2 aromatic rings. The fourth-order valence-electron chi connectivity index (χ4n) is 1.62. The summed E-state index contributed by atoms with van der Waals surface area (Å²) in [5, 5.41) is 7.26. The monoisotopic (exact) mass is 307 g/mol. The van der Waals surface area contributed by atoms with E-state index in [9.17, 15) is 4.79 Å². The van der Waals surface area contributed by atoms with Crippen molar-refractivity contribution in [2.24, 2.45) is 15.9 Å². The Morgan fingerprint density at radius 3 is 3.15 bits per heavy atom. The SMILES string of the molecule is CCc1ccc[n+](-c2[nH]c(=O)sc2C=N/N=C(/N)[S-])c1. The zero-order valence-corrected chi connectivity index (χ0v) is 12.4. The molecule has 8 heteroatoms. The Hall–Kier alpha value is -2.06. The smallest absolute Gasteiger partial charge is 0.390 e. The molecule has 0 aliphatic heterocycles. The minimum absolute atomic E-state index is 0.0497. The molecule has 2 rings (SSSR count). The molecule has 0 bridgehead atoms. The number of nitrogens with two attached hydrogens (primary N) is 1. The van der Waals surface area contributed by atoms with Crippen LogP contribution in [0.1, 0.15) is 17.4 Å². The van der Waals surface area contributed by atoms with Crippen molar-refractivity contribution in [3.8, 4) is 5.82 Å². The van der Waals surface area contributed by atoms with Crippen molar-refractivity contribution >= 4 is 35.3 Å². The number of hydrogen-bond acceptors (Lipinski definition) is 5. The van der Waals surface area contributed by atoms with Crippen molar-refractivity contribution in [1.82, 2.24) is 4.98 Å². The highest BCUT2D eigenvalue weighted by molar-refractivity contribution is 7.77. The lowest BCUT2D eigenvalue weighted by Crippen LogP contribution is -2.32. The second-order valence-electron chi connectivity index (χ2n) is 3.88. The molecule has 2 heterocycles. The number of H-pyrrole nitrogens is 1. The third kappa shape index (κ3) is 3.49. The van der Waals surface area contributed by atoms with Gasteiger partial charge in [0.1, 0.15) is 4.88 Å². The highest BCUT2D eigenvalue weighted by Gasteiger charge is 2.16. The minimum Gasteiger partial charge on any atom is -0.741 e. The predicted molar refractivity (Wildman–Crippen MR) is 82.4 cm³/mol. The highest BCUT2D eigenvalue weighted by Crippen LogP contribution is 2.07. The van der Waals surface area contributed by atoms with Crippen LogP contribution in [0.5, 0.6) is 0 Å². The first-order chi connectivity index (χ1) is 9.60. The number of pyridine rings is 1. The van der Waals surface area contributed by atoms with Gasteiger partial charge in [-0.2, -0.15) is 15.2 Å². The molecule has 3 N–H and O–H groups in total. The lowest BCUT2D eigenvalue weighted by molar-refractivity contribution is -0.599. The van der Waals surface area contributed by atoms with E-state index in [-0.39, 0.29) is 10.0 Å². The van der Waals surface area contributed by atoms with Gasteiger partial charge in [0, 0.05) is 0 Å². The topological polar surface area (TPSA) is 87.5 Å². The first-order valence-corrected chi connectivity index (χ1v) is 7.10. The van der Waals surface area contributed by atoms with E-state index in [0.717, 1.165) is 23.3 Å². The first kappa shape index (κ1) is 14.4. The standard InChI is InChI=1S/C12H13N5OS2/c1-2-8-4-3-5-17(7-8)10-9(20-12(18)15-10)6-14-16-11(13)19/h3-7H,2H2,1H3,(H3-,13,14,15,16,18,19). The Morgan fingerprint density at radius 1 is 1.65 bits per heavy atom. The quantitative estimate of drug-likeness (QED) is 0.283. The van der Waals surface area contributed by atoms with Crippen LogP contribution < -0.4 is 15.2 Å². The molecular formula is C12H13N5OS2. The number of aromatic amines is 1. The number of thiazole rings is 1. The molecule has 0 aliphatic carbocycles. The molecule has 104 valence electrons. The number of nitrogens with one attached hydrogen (secondary N) is 1. The lowest BCUT2D eigenvalue weighted by Gasteiger charge is -1.99. The van der Waals surface area contributed by atoms with Gasteiger partial charge < -0.3 is 18.4 Å². The van der Waals surface area contributed by atoms with E-state index in [1.165, 1.54) is 6.21 Å². The van der Waals surface area contributed by atoms with E-state index in [1.54, 1.807) is 0 Å². The summed E-state index contributed by atoms with van der Waals surface area (Å²) < 4.78 is 1.85. The number of aromatic nitrogens is 2. The van der Waals surface area contributed by atoms with Crippen LogP contribution in [-0.2, 0) is 19.0 Å². The third-order valence-corrected chi connectivity index (χ3v) is 3.40. The van der Waals surface area contributed by atoms with Crippen LogP contribution in [0.2, 0.25) is 0 Å². The van der Waals surface area contributed by atoms with Gasteiger partial charge in [0.05, 0.1) is 18.6 Å². The molecule has 6 nitrogen and oxygen atoms in total. The maximum atomic E-state index is 11.5. The maximum Gasteiger partial charge on any atom is 0.390 e. The Labute approximate surface area is 125 Å². The Morgan fingerprint density at radius 2 is 2.45 bits per heavy atom. The Kier molecular flexibility index (Phi) is 4.59. The highest BCUT2D eigenvalue weighted by atomic mass is 32.1. The second-order valence-corrected chi connectivity index (χ2v) is 5.32. The van der Waals surface area contributed by atoms with Gasteiger partial charge in [-0.25, -0.2) is 9.36 Å². The van der Waals surface area contributed by atoms with E-state index in [1.807, 2.05) is 29.1 Å². The van der Waals surface area contributed by atoms with E-state index in [4.69, 9.17) is 5.73 Å². The van der Waals surface area contributed by atoms with Gasteiger partial charge in [-0.15, -0.1) is 0 Å². The van der Waals surface area contributed by atoms with Gasteiger partial charge in [-0.1, -0.05) is 13.0 Å². The summed E-state index contributed by atoms with van der Waals surface area (Å²) in [5.74, 6) is 0.650. The molecular weight excluding hydrogens is 294 g/mol. The van der Waals surface area contributed by atoms with Crippen molar-refractivity contribution in [3.05, 3.63) is 44.6 Å². The summed E-state index contributed by atoms with van der Waals surface area (Å²) in [7, 11) is 0. The number of aryl methyl sites for hydroxylation is 1. The number of nitrogens with zero attached hydrogens (tertiary/aromatic N) is 3. The lowest BCUT2D eigenvalue weighted by atomic mass is 10.2. The van der Waals surface area contributed by atoms with Crippen LogP contribution in [0, 0.1) is 0 Å². The van der Waals surface area contributed by atoms with Crippen LogP contribution in [0.3, 0.4) is 0 Å². The van der Waals surface area contributed by atoms with Crippen LogP contribution in [-0.4, -0.2) is 16.4 Å². The Balaban J connectivity index is 2.43. The number of rotatable bonds is 4. The number of amidine groups is 1. The fourth-order valence-corrected chi connectivity index (χ4v) is 2.37. The molecule has 2 aromatic heterocycles. The molecule has 0 aliphatic rings. The average Bonchev–Trinajstić information content (AvgIpc) is 2.79. The summed E-state index contributed by atoms with van der Waals surface area (Å²) >= 11 is 5.65. The van der Waals surface area contributed by atoms with Gasteiger partial charge in [0.15, 0.2) is 0 Å². The largest absolute Gasteiger partial charge is 0.741 e. The molecule has 0 saturated carbocycles. The van der Waals surface area contributed by atoms with Crippen molar-refractivity contribution < 1.29 is 4.57 Å². The van der Waals surface area contributed by atoms with Crippen LogP contribution in [0.25, 0.3) is 5.82 Å². The second kappa shape index (κ2) is 6.40. The molecule has 0 aromatic carbocycles. The van der Waals surface area contributed by atoms with Gasteiger partial charge in [-0.05, 0) is 34.6 Å². The van der Waals surface area contributed by atoms with Crippen LogP contribution in [0.4, 0.5) is 0 Å². The summed E-state index contributed by atoms with van der Waals surface area (Å²) in [6.07, 6.45) is 6.19. The van der Waals surface area contributed by atoms with Gasteiger partial charge in [0.25, 0.3) is 0 Å². The molecule has 0 spiro atoms. The van der Waals surface area contributed by atoms with E-state index < -0.39 is 0 Å². The van der Waals surface area contributed by atoms with E-state index >= 15 is 0 Å². The van der Waals surface area contributed by atoms with Gasteiger partial charge in [-0.3, -0.25) is 0 Å². The maximum absolute atomic E-state index is 11.5. The van der Waals surface area contributed by atoms with Gasteiger partial charge in [0.2, 0.25) is 0 Å². The van der Waals surface area contributed by atoms with E-state index in [0.29, 0.717) is 10.7 Å². The normalized spacial score (nSPS) is 12.2. The molecule has 20 heavy (non-hydrogen) atoms. The van der Waals surface area contributed by atoms with Crippen LogP contribution in [0.15, 0.2) is 39.5 Å². The van der Waals surface area contributed by atoms with E-state index in [2.05, 4.69) is 34.7 Å². The summed E-state index contributed by atoms with van der Waals surface area (Å²) in [6.45, 7) is 2.07. The van der Waals surface area contributed by atoms with Crippen LogP contribution >= 0.6 is 11.3 Å². The molecule has 0 fully saturated rings. The molecule has 0 saturated heterocycles. The van der Waals surface area contributed by atoms with Gasteiger partial charge >= 0.3 is 10.7 Å². The third-order valence-electron chi connectivity index (χ3n) is 2.52. The molecule has 0 unspecified atom stereocenters. The Bertz CT molecular complexity index is 713. The molecule has 0 amide bonds. The summed E-state index contributed by atoms with van der Waals surface area (Å²) in [5.41, 5.74) is 6.39. The first-order valence-electron chi connectivity index (χ1n) is 5.87. The predicted octanol–water partition coefficient (Wildman–Crippen LogP) is 0.471. The van der Waals surface area contributed by atoms with Crippen molar-refractivity contribution in [1.29, 1.82) is 0 Å². The number of hydrogen-bond donors (Lipinski definition) is 2. The zero-order valence-electron chi connectivity index (χ0n) is 10.7. The average molecular weight is 307 g/mol. The summed E-state index contributed by atoms with van der Waals surface area (Å²) in [6, 6.07) is 3.95. The summed E-state index contributed by atoms with van der Waals surface area (Å²) in [4.78, 5) is 14.8.